The number of aliphatic hydroxyl groups is 2. The Morgan fingerprint density at radius 1 is 1.09 bits per heavy atom. The van der Waals surface area contributed by atoms with Gasteiger partial charge in [-0.15, -0.1) is 5.10 Å². The van der Waals surface area contributed by atoms with Crippen molar-refractivity contribution in [3.05, 3.63) is 83.9 Å². The van der Waals surface area contributed by atoms with E-state index in [2.05, 4.69) is 36.6 Å². The van der Waals surface area contributed by atoms with Crippen LogP contribution in [0.5, 0.6) is 0 Å². The van der Waals surface area contributed by atoms with Crippen molar-refractivity contribution >= 4 is 29.1 Å². The standard InChI is InChI=1S/C32H38N8O4/c1-32(2,33-18-24(42)20-41)17-29(43)34-27-16-15-23-7-3-6-10-28(23)40(30(27)44)19-21-11-13-22(14-12-21)25-8-4-5-9-26(25)35-31-36-38-39-37-31/h3-14,24,27,33,41-42H,15-20H2,1-2H3,(H,34,43)(H2,35,36,37,38,39)/t24-,27+/m0/s1. The van der Waals surface area contributed by atoms with Crippen LogP contribution in [-0.4, -0.2) is 73.5 Å². The van der Waals surface area contributed by atoms with Gasteiger partial charge in [0.25, 0.3) is 5.95 Å². The van der Waals surface area contributed by atoms with Crippen molar-refractivity contribution in [3.63, 3.8) is 0 Å². The van der Waals surface area contributed by atoms with E-state index in [1.165, 1.54) is 0 Å². The molecule has 1 aliphatic heterocycles. The summed E-state index contributed by atoms with van der Waals surface area (Å²) < 4.78 is 0. The number of hydrogen-bond donors (Lipinski definition) is 6. The fourth-order valence-electron chi connectivity index (χ4n) is 5.33. The fraction of sp³-hybridized carbons (Fsp3) is 0.344. The van der Waals surface area contributed by atoms with Gasteiger partial charge in [0.1, 0.15) is 6.04 Å². The first kappa shape index (κ1) is 30.8. The summed E-state index contributed by atoms with van der Waals surface area (Å²) in [6, 6.07) is 23.0. The molecule has 0 saturated carbocycles. The van der Waals surface area contributed by atoms with Gasteiger partial charge in [-0.3, -0.25) is 9.59 Å². The second-order valence-corrected chi connectivity index (χ2v) is 11.6. The first-order valence-electron chi connectivity index (χ1n) is 14.6. The molecule has 12 nitrogen and oxygen atoms in total. The highest BCUT2D eigenvalue weighted by Gasteiger charge is 2.32. The Kier molecular flexibility index (Phi) is 9.63. The Labute approximate surface area is 255 Å². The van der Waals surface area contributed by atoms with Crippen LogP contribution in [-0.2, 0) is 22.6 Å². The van der Waals surface area contributed by atoms with Crippen LogP contribution in [0.3, 0.4) is 0 Å². The molecule has 230 valence electrons. The van der Waals surface area contributed by atoms with E-state index in [1.807, 2.05) is 86.6 Å². The van der Waals surface area contributed by atoms with Crippen molar-refractivity contribution in [2.45, 2.75) is 57.3 Å². The molecule has 5 rings (SSSR count). The molecule has 0 unspecified atom stereocenters. The van der Waals surface area contributed by atoms with Gasteiger partial charge in [-0.25, -0.2) is 0 Å². The molecule has 4 aromatic rings. The molecule has 6 N–H and O–H groups in total. The van der Waals surface area contributed by atoms with Crippen molar-refractivity contribution in [3.8, 4) is 11.1 Å². The fourth-order valence-corrected chi connectivity index (χ4v) is 5.33. The summed E-state index contributed by atoms with van der Waals surface area (Å²) >= 11 is 0. The summed E-state index contributed by atoms with van der Waals surface area (Å²) in [5.74, 6) is -0.0550. The third-order valence-corrected chi connectivity index (χ3v) is 7.64. The number of carbonyl (C=O) groups is 2. The Hall–Kier alpha value is -4.65. The van der Waals surface area contributed by atoms with E-state index in [0.29, 0.717) is 25.3 Å². The zero-order chi connectivity index (χ0) is 31.1. The van der Waals surface area contributed by atoms with Gasteiger partial charge in [0.15, 0.2) is 0 Å². The molecule has 0 bridgehead atoms. The Bertz CT molecular complexity index is 1560. The molecular formula is C32H38N8O4. The number of rotatable bonds is 12. The lowest BCUT2D eigenvalue weighted by atomic mass is 9.99. The van der Waals surface area contributed by atoms with Crippen LogP contribution >= 0.6 is 0 Å². The normalized spacial score (nSPS) is 15.8. The summed E-state index contributed by atoms with van der Waals surface area (Å²) in [6.45, 7) is 3.82. The lowest BCUT2D eigenvalue weighted by Crippen LogP contribution is -2.51. The van der Waals surface area contributed by atoms with Gasteiger partial charge >= 0.3 is 0 Å². The van der Waals surface area contributed by atoms with Crippen LogP contribution in [0.2, 0.25) is 0 Å². The number of aryl methyl sites for hydroxylation is 1. The minimum absolute atomic E-state index is 0.104. The molecule has 2 heterocycles. The van der Waals surface area contributed by atoms with Gasteiger partial charge in [0.2, 0.25) is 11.8 Å². The van der Waals surface area contributed by atoms with Gasteiger partial charge in [-0.1, -0.05) is 65.8 Å². The van der Waals surface area contributed by atoms with Gasteiger partial charge in [0.05, 0.1) is 19.3 Å². The van der Waals surface area contributed by atoms with Gasteiger partial charge in [-0.2, -0.15) is 5.21 Å². The van der Waals surface area contributed by atoms with Crippen molar-refractivity contribution in [2.75, 3.05) is 23.4 Å². The number of H-pyrrole nitrogens is 1. The van der Waals surface area contributed by atoms with E-state index in [4.69, 9.17) is 5.11 Å². The number of benzene rings is 3. The highest BCUT2D eigenvalue weighted by Crippen LogP contribution is 2.32. The zero-order valence-corrected chi connectivity index (χ0v) is 24.8. The molecule has 1 aromatic heterocycles. The van der Waals surface area contributed by atoms with Gasteiger partial charge in [-0.05, 0) is 60.7 Å². The number of tetrazole rings is 1. The minimum Gasteiger partial charge on any atom is -0.394 e. The number of nitrogens with zero attached hydrogens (tertiary/aromatic N) is 4. The quantitative estimate of drug-likeness (QED) is 0.144. The number of aromatic nitrogens is 4. The second kappa shape index (κ2) is 13.8. The lowest BCUT2D eigenvalue weighted by molar-refractivity contribution is -0.128. The van der Waals surface area contributed by atoms with E-state index in [-0.39, 0.29) is 31.4 Å². The topological polar surface area (TPSA) is 168 Å². The Morgan fingerprint density at radius 2 is 1.84 bits per heavy atom. The molecule has 0 saturated heterocycles. The third-order valence-electron chi connectivity index (χ3n) is 7.64. The first-order valence-corrected chi connectivity index (χ1v) is 14.6. The Balaban J connectivity index is 1.31. The number of anilines is 3. The number of aromatic amines is 1. The number of aliphatic hydroxyl groups excluding tert-OH is 2. The van der Waals surface area contributed by atoms with Crippen LogP contribution in [0.15, 0.2) is 72.8 Å². The molecular weight excluding hydrogens is 560 g/mol. The van der Waals surface area contributed by atoms with Crippen molar-refractivity contribution < 1.29 is 19.8 Å². The number of β-amino-alcohol motifs (C(OH)–C–C–N with tert-alkyl or cyclic N) is 1. The number of fused-ring (bicyclic) bond motifs is 1. The minimum atomic E-state index is -0.912. The van der Waals surface area contributed by atoms with Crippen molar-refractivity contribution in [1.82, 2.24) is 31.3 Å². The first-order chi connectivity index (χ1) is 21.2. The van der Waals surface area contributed by atoms with Crippen LogP contribution in [0.4, 0.5) is 17.3 Å². The Morgan fingerprint density at radius 3 is 2.59 bits per heavy atom. The average Bonchev–Trinajstić information content (AvgIpc) is 3.50. The van der Waals surface area contributed by atoms with E-state index in [9.17, 15) is 14.7 Å². The molecule has 0 fully saturated rings. The van der Waals surface area contributed by atoms with Crippen molar-refractivity contribution in [2.24, 2.45) is 0 Å². The zero-order valence-electron chi connectivity index (χ0n) is 24.8. The summed E-state index contributed by atoms with van der Waals surface area (Å²) in [4.78, 5) is 28.8. The number of carbonyl (C=O) groups excluding carboxylic acids is 2. The van der Waals surface area contributed by atoms with E-state index < -0.39 is 17.7 Å². The molecule has 44 heavy (non-hydrogen) atoms. The predicted octanol–water partition coefficient (Wildman–Crippen LogP) is 2.69. The summed E-state index contributed by atoms with van der Waals surface area (Å²) in [6.07, 6.45) is 0.326. The number of para-hydroxylation sites is 2. The molecule has 3 aromatic carbocycles. The van der Waals surface area contributed by atoms with Gasteiger partial charge < -0.3 is 31.1 Å². The lowest BCUT2D eigenvalue weighted by Gasteiger charge is -2.29. The summed E-state index contributed by atoms with van der Waals surface area (Å²) in [7, 11) is 0. The maximum atomic E-state index is 14.0. The number of nitrogens with one attached hydrogen (secondary N) is 4. The van der Waals surface area contributed by atoms with Crippen LogP contribution < -0.4 is 20.9 Å². The summed E-state index contributed by atoms with van der Waals surface area (Å²) in [5.41, 5.74) is 4.98. The van der Waals surface area contributed by atoms with Crippen LogP contribution in [0.25, 0.3) is 11.1 Å². The highest BCUT2D eigenvalue weighted by molar-refractivity contribution is 6.00. The number of hydrogen-bond acceptors (Lipinski definition) is 9. The molecule has 0 radical (unpaired) electrons. The monoisotopic (exact) mass is 598 g/mol. The van der Waals surface area contributed by atoms with E-state index in [0.717, 1.165) is 33.6 Å². The SMILES string of the molecule is CC(C)(CC(=O)N[C@@H]1CCc2ccccc2N(Cc2ccc(-c3ccccc3Nc3nn[nH]n3)cc2)C1=O)NC[C@H](O)CO. The van der Waals surface area contributed by atoms with E-state index in [1.54, 1.807) is 4.90 Å². The molecule has 2 amide bonds. The largest absolute Gasteiger partial charge is 0.394 e. The highest BCUT2D eigenvalue weighted by atomic mass is 16.3. The molecule has 0 spiro atoms. The summed E-state index contributed by atoms with van der Waals surface area (Å²) in [5, 5.41) is 42.0. The maximum absolute atomic E-state index is 14.0. The molecule has 1 aliphatic rings. The maximum Gasteiger partial charge on any atom is 0.267 e. The molecule has 12 heteroatoms. The van der Waals surface area contributed by atoms with Crippen LogP contribution in [0, 0.1) is 0 Å². The molecule has 2 atom stereocenters. The smallest absolute Gasteiger partial charge is 0.267 e. The van der Waals surface area contributed by atoms with Crippen LogP contribution in [0.1, 0.15) is 37.8 Å². The number of amides is 2. The second-order valence-electron chi connectivity index (χ2n) is 11.6. The van der Waals surface area contributed by atoms with E-state index >= 15 is 0 Å². The molecule has 0 aliphatic carbocycles. The third kappa shape index (κ3) is 7.64. The predicted molar refractivity (Wildman–Crippen MR) is 167 cm³/mol. The van der Waals surface area contributed by atoms with Gasteiger partial charge in [0, 0.05) is 35.4 Å². The van der Waals surface area contributed by atoms with Crippen molar-refractivity contribution in [1.29, 1.82) is 0 Å². The average molecular weight is 599 g/mol.